The van der Waals surface area contributed by atoms with Gasteiger partial charge in [0.1, 0.15) is 23.7 Å². The second kappa shape index (κ2) is 12.9. The van der Waals surface area contributed by atoms with Crippen molar-refractivity contribution in [1.29, 1.82) is 0 Å². The zero-order valence-electron chi connectivity index (χ0n) is 19.0. The number of halogens is 2. The van der Waals surface area contributed by atoms with E-state index in [1.807, 2.05) is 0 Å². The Kier molecular flexibility index (Phi) is 10.2. The summed E-state index contributed by atoms with van der Waals surface area (Å²) in [6, 6.07) is -1.19. The molecule has 1 saturated heterocycles. The van der Waals surface area contributed by atoms with E-state index in [-0.39, 0.29) is 36.7 Å². The standard InChI is InChI=1S/C21H26F2N4O7S/c1-34-20(32)15(5-6-18(29)30)25-19(31)16-8-12(9-27(16)17(28)10-35-2)24-21(33)26-14-4-3-11(22)7-13(14)23/h3-4,7,12,15-16H,5-6,8-10H2,1-2H3,(H,25,31)(H,29,30)(H2,24,26,33). The molecule has 11 nitrogen and oxygen atoms in total. The van der Waals surface area contributed by atoms with Crippen LogP contribution in [0, 0.1) is 11.6 Å². The number of likely N-dealkylation sites (tertiary alicyclic amines) is 1. The highest BCUT2D eigenvalue weighted by Crippen LogP contribution is 2.21. The highest BCUT2D eigenvalue weighted by Gasteiger charge is 2.41. The summed E-state index contributed by atoms with van der Waals surface area (Å²) in [5, 5.41) is 16.1. The molecule has 1 aliphatic heterocycles. The van der Waals surface area contributed by atoms with E-state index in [9.17, 15) is 32.8 Å². The van der Waals surface area contributed by atoms with E-state index in [0.717, 1.165) is 19.2 Å². The lowest BCUT2D eigenvalue weighted by Crippen LogP contribution is -2.51. The molecule has 0 spiro atoms. The number of ether oxygens (including phenoxy) is 1. The molecule has 1 aromatic carbocycles. The minimum absolute atomic E-state index is 0.0158. The van der Waals surface area contributed by atoms with Gasteiger partial charge in [0.2, 0.25) is 11.8 Å². The Morgan fingerprint density at radius 2 is 1.97 bits per heavy atom. The number of hydrogen-bond donors (Lipinski definition) is 4. The first-order chi connectivity index (χ1) is 16.5. The Hall–Kier alpha value is -3.42. The molecule has 1 heterocycles. The average Bonchev–Trinajstić information content (AvgIpc) is 3.21. The molecule has 0 bridgehead atoms. The molecule has 1 fully saturated rings. The first kappa shape index (κ1) is 27.8. The molecular formula is C21H26F2N4O7S. The molecule has 0 aliphatic carbocycles. The largest absolute Gasteiger partial charge is 0.481 e. The Morgan fingerprint density at radius 1 is 1.26 bits per heavy atom. The van der Waals surface area contributed by atoms with Crippen LogP contribution in [-0.2, 0) is 23.9 Å². The second-order valence-electron chi connectivity index (χ2n) is 7.67. The summed E-state index contributed by atoms with van der Waals surface area (Å²) in [5.74, 6) is -4.83. The summed E-state index contributed by atoms with van der Waals surface area (Å²) in [4.78, 5) is 62.0. The van der Waals surface area contributed by atoms with Gasteiger partial charge in [-0.1, -0.05) is 0 Å². The Morgan fingerprint density at radius 3 is 2.57 bits per heavy atom. The summed E-state index contributed by atoms with van der Waals surface area (Å²) in [5.41, 5.74) is -0.258. The minimum Gasteiger partial charge on any atom is -0.481 e. The fourth-order valence-electron chi connectivity index (χ4n) is 3.53. The number of carbonyl (C=O) groups is 5. The van der Waals surface area contributed by atoms with Gasteiger partial charge >= 0.3 is 18.0 Å². The van der Waals surface area contributed by atoms with Crippen LogP contribution in [0.15, 0.2) is 18.2 Å². The van der Waals surface area contributed by atoms with E-state index >= 15 is 0 Å². The first-order valence-corrected chi connectivity index (χ1v) is 11.9. The first-order valence-electron chi connectivity index (χ1n) is 10.5. The fraction of sp³-hybridized carbons (Fsp3) is 0.476. The molecule has 0 aromatic heterocycles. The Balaban J connectivity index is 2.10. The predicted molar refractivity (Wildman–Crippen MR) is 122 cm³/mol. The quantitative estimate of drug-likeness (QED) is 0.335. The van der Waals surface area contributed by atoms with Crippen molar-refractivity contribution in [3.8, 4) is 0 Å². The summed E-state index contributed by atoms with van der Waals surface area (Å²) in [6.45, 7) is -0.0329. The maximum atomic E-state index is 13.8. The van der Waals surface area contributed by atoms with Crippen LogP contribution in [-0.4, -0.2) is 83.6 Å². The number of rotatable bonds is 10. The van der Waals surface area contributed by atoms with Crippen LogP contribution in [0.1, 0.15) is 19.3 Å². The maximum absolute atomic E-state index is 13.8. The molecule has 0 radical (unpaired) electrons. The molecular weight excluding hydrogens is 490 g/mol. The Labute approximate surface area is 203 Å². The van der Waals surface area contributed by atoms with E-state index in [2.05, 4.69) is 20.7 Å². The highest BCUT2D eigenvalue weighted by molar-refractivity contribution is 7.99. The number of hydrogen-bond acceptors (Lipinski definition) is 7. The third-order valence-corrected chi connectivity index (χ3v) is 5.69. The summed E-state index contributed by atoms with van der Waals surface area (Å²) in [7, 11) is 1.09. The average molecular weight is 517 g/mol. The fourth-order valence-corrected chi connectivity index (χ4v) is 3.95. The molecule has 3 unspecified atom stereocenters. The SMILES string of the molecule is COC(=O)C(CCC(=O)O)NC(=O)C1CC(NC(=O)Nc2ccc(F)cc2F)CN1C(=O)CSC. The number of amides is 4. The third-order valence-electron chi connectivity index (χ3n) is 5.16. The number of carbonyl (C=O) groups excluding carboxylic acids is 4. The minimum atomic E-state index is -1.24. The van der Waals surface area contributed by atoms with Gasteiger partial charge in [0, 0.05) is 19.0 Å². The van der Waals surface area contributed by atoms with Crippen molar-refractivity contribution in [1.82, 2.24) is 15.5 Å². The lowest BCUT2D eigenvalue weighted by atomic mass is 10.1. The van der Waals surface area contributed by atoms with E-state index in [1.54, 1.807) is 6.26 Å². The third kappa shape index (κ3) is 8.09. The molecule has 4 N–H and O–H groups in total. The molecule has 3 atom stereocenters. The van der Waals surface area contributed by atoms with Gasteiger partial charge in [0.25, 0.3) is 0 Å². The number of carboxylic acid groups (broad SMARTS) is 1. The van der Waals surface area contributed by atoms with Crippen molar-refractivity contribution < 1.29 is 42.6 Å². The van der Waals surface area contributed by atoms with Crippen LogP contribution in [0.2, 0.25) is 0 Å². The van der Waals surface area contributed by atoms with Gasteiger partial charge in [-0.3, -0.25) is 14.4 Å². The van der Waals surface area contributed by atoms with Crippen LogP contribution in [0.3, 0.4) is 0 Å². The maximum Gasteiger partial charge on any atom is 0.328 e. The molecule has 4 amide bonds. The van der Waals surface area contributed by atoms with Crippen molar-refractivity contribution >= 4 is 47.2 Å². The Bertz CT molecular complexity index is 981. The number of carboxylic acids is 1. The lowest BCUT2D eigenvalue weighted by Gasteiger charge is -2.25. The summed E-state index contributed by atoms with van der Waals surface area (Å²) < 4.78 is 31.5. The van der Waals surface area contributed by atoms with Crippen molar-refractivity contribution in [2.75, 3.05) is 31.0 Å². The van der Waals surface area contributed by atoms with Gasteiger partial charge < -0.3 is 30.7 Å². The number of urea groups is 1. The monoisotopic (exact) mass is 516 g/mol. The van der Waals surface area contributed by atoms with E-state index in [4.69, 9.17) is 5.11 Å². The molecule has 1 aliphatic rings. The number of anilines is 1. The van der Waals surface area contributed by atoms with Gasteiger partial charge in [0.05, 0.1) is 24.6 Å². The normalized spacial score (nSPS) is 17.9. The second-order valence-corrected chi connectivity index (χ2v) is 8.53. The van der Waals surface area contributed by atoms with Gasteiger partial charge in [-0.2, -0.15) is 11.8 Å². The summed E-state index contributed by atoms with van der Waals surface area (Å²) in [6.07, 6.45) is 1.07. The molecule has 2 rings (SSSR count). The van der Waals surface area contributed by atoms with Gasteiger partial charge in [-0.15, -0.1) is 0 Å². The van der Waals surface area contributed by atoms with Gasteiger partial charge in [-0.25, -0.2) is 18.4 Å². The number of benzene rings is 1. The number of nitrogens with zero attached hydrogens (tertiary/aromatic N) is 1. The van der Waals surface area contributed by atoms with Crippen LogP contribution in [0.25, 0.3) is 0 Å². The number of aliphatic carboxylic acids is 1. The van der Waals surface area contributed by atoms with Crippen molar-refractivity contribution in [3.63, 3.8) is 0 Å². The number of nitrogens with one attached hydrogen (secondary N) is 3. The van der Waals surface area contributed by atoms with E-state index < -0.39 is 60.1 Å². The smallest absolute Gasteiger partial charge is 0.328 e. The van der Waals surface area contributed by atoms with Crippen LogP contribution in [0.5, 0.6) is 0 Å². The van der Waals surface area contributed by atoms with Crippen molar-refractivity contribution in [3.05, 3.63) is 29.8 Å². The van der Waals surface area contributed by atoms with Crippen molar-refractivity contribution in [2.24, 2.45) is 0 Å². The number of esters is 1. The van der Waals surface area contributed by atoms with Gasteiger partial charge in [0.15, 0.2) is 0 Å². The van der Waals surface area contributed by atoms with Crippen LogP contribution in [0.4, 0.5) is 19.3 Å². The topological polar surface area (TPSA) is 154 Å². The summed E-state index contributed by atoms with van der Waals surface area (Å²) >= 11 is 1.23. The van der Waals surface area contributed by atoms with Crippen LogP contribution >= 0.6 is 11.8 Å². The molecule has 0 saturated carbocycles. The predicted octanol–water partition coefficient (Wildman–Crippen LogP) is 0.941. The molecule has 35 heavy (non-hydrogen) atoms. The molecule has 192 valence electrons. The number of methoxy groups -OCH3 is 1. The zero-order chi connectivity index (χ0) is 26.1. The van der Waals surface area contributed by atoms with E-state index in [0.29, 0.717) is 6.07 Å². The van der Waals surface area contributed by atoms with Crippen molar-refractivity contribution in [2.45, 2.75) is 37.4 Å². The highest BCUT2D eigenvalue weighted by atomic mass is 32.2. The zero-order valence-corrected chi connectivity index (χ0v) is 19.8. The molecule has 14 heteroatoms. The van der Waals surface area contributed by atoms with Crippen LogP contribution < -0.4 is 16.0 Å². The van der Waals surface area contributed by atoms with Gasteiger partial charge in [-0.05, 0) is 31.2 Å². The number of thioether (sulfide) groups is 1. The van der Waals surface area contributed by atoms with E-state index in [1.165, 1.54) is 16.7 Å². The lowest BCUT2D eigenvalue weighted by molar-refractivity contribution is -0.147. The molecule has 1 aromatic rings.